The molecule has 2 aromatic rings. The van der Waals surface area contributed by atoms with Gasteiger partial charge in [0.05, 0.1) is 29.2 Å². The predicted molar refractivity (Wildman–Crippen MR) is 79.8 cm³/mol. The van der Waals surface area contributed by atoms with E-state index in [1.54, 1.807) is 18.2 Å². The number of benzene rings is 1. The molecule has 0 radical (unpaired) electrons. The molecule has 0 spiro atoms. The quantitative estimate of drug-likeness (QED) is 0.939. The van der Waals surface area contributed by atoms with E-state index >= 15 is 0 Å². The van der Waals surface area contributed by atoms with Crippen LogP contribution in [0.4, 0.5) is 0 Å². The minimum Gasteiger partial charge on any atom is -0.478 e. The summed E-state index contributed by atoms with van der Waals surface area (Å²) in [7, 11) is 0. The largest absolute Gasteiger partial charge is 0.478 e. The van der Waals surface area contributed by atoms with Gasteiger partial charge in [-0.3, -0.25) is 0 Å². The molecule has 1 N–H and O–H groups in total. The fraction of sp³-hybridized carbons (Fsp3) is 0.500. The van der Waals surface area contributed by atoms with Crippen LogP contribution in [0, 0.1) is 0 Å². The van der Waals surface area contributed by atoms with Gasteiger partial charge in [0.25, 0.3) is 0 Å². The van der Waals surface area contributed by atoms with E-state index in [9.17, 15) is 9.90 Å². The number of carboxylic acids is 1. The molecule has 1 atom stereocenters. The first-order valence-corrected chi connectivity index (χ1v) is 7.52. The van der Waals surface area contributed by atoms with E-state index in [0.717, 1.165) is 49.1 Å². The van der Waals surface area contributed by atoms with Crippen LogP contribution in [0.2, 0.25) is 0 Å². The molecule has 0 bridgehead atoms. The molecule has 0 saturated carbocycles. The number of nitrogens with zero attached hydrogens (tertiary/aromatic N) is 2. The molecule has 112 valence electrons. The monoisotopic (exact) mass is 288 g/mol. The lowest BCUT2D eigenvalue weighted by Gasteiger charge is -2.25. The normalized spacial score (nSPS) is 19.0. The van der Waals surface area contributed by atoms with Crippen LogP contribution < -0.4 is 0 Å². The number of carboxylic acid groups (broad SMARTS) is 1. The highest BCUT2D eigenvalue weighted by molar-refractivity contribution is 5.92. The molecule has 1 saturated heterocycles. The maximum absolute atomic E-state index is 11.2. The predicted octanol–water partition coefficient (Wildman–Crippen LogP) is 3.04. The number of hydrogen-bond acceptors (Lipinski definition) is 3. The van der Waals surface area contributed by atoms with Crippen molar-refractivity contribution in [1.82, 2.24) is 9.55 Å². The number of carbonyl (C=O) groups is 1. The van der Waals surface area contributed by atoms with Crippen LogP contribution in [0.1, 0.15) is 48.4 Å². The van der Waals surface area contributed by atoms with Crippen molar-refractivity contribution < 1.29 is 14.6 Å². The molecule has 0 aliphatic carbocycles. The van der Waals surface area contributed by atoms with Crippen molar-refractivity contribution in [3.63, 3.8) is 0 Å². The molecule has 1 aromatic heterocycles. The van der Waals surface area contributed by atoms with Crippen LogP contribution in [0.25, 0.3) is 11.0 Å². The molecule has 2 heterocycles. The lowest BCUT2D eigenvalue weighted by Crippen LogP contribution is -2.22. The number of rotatable bonds is 4. The second-order valence-electron chi connectivity index (χ2n) is 5.53. The molecule has 5 nitrogen and oxygen atoms in total. The van der Waals surface area contributed by atoms with Gasteiger partial charge in [-0.1, -0.05) is 6.92 Å². The van der Waals surface area contributed by atoms with Gasteiger partial charge in [0.15, 0.2) is 0 Å². The number of imidazole rings is 1. The van der Waals surface area contributed by atoms with Crippen LogP contribution >= 0.6 is 0 Å². The molecule has 0 amide bonds. The van der Waals surface area contributed by atoms with Crippen molar-refractivity contribution in [3.8, 4) is 0 Å². The van der Waals surface area contributed by atoms with E-state index in [0.29, 0.717) is 12.2 Å². The SMILES string of the molecule is CCCc1nc2ccc(C(=O)O)cc2n1C1CCCOC1. The van der Waals surface area contributed by atoms with Gasteiger partial charge in [0, 0.05) is 13.0 Å². The van der Waals surface area contributed by atoms with Crippen LogP contribution in [0.15, 0.2) is 18.2 Å². The standard InChI is InChI=1S/C16H20N2O3/c1-2-4-15-17-13-7-6-11(16(19)20)9-14(13)18(15)12-5-3-8-21-10-12/h6-7,9,12H,2-5,8,10H2,1H3,(H,19,20). The van der Waals surface area contributed by atoms with Crippen LogP contribution in [-0.4, -0.2) is 33.8 Å². The van der Waals surface area contributed by atoms with E-state index < -0.39 is 5.97 Å². The van der Waals surface area contributed by atoms with Crippen molar-refractivity contribution in [2.45, 2.75) is 38.6 Å². The summed E-state index contributed by atoms with van der Waals surface area (Å²) < 4.78 is 7.80. The van der Waals surface area contributed by atoms with E-state index in [1.807, 2.05) is 0 Å². The summed E-state index contributed by atoms with van der Waals surface area (Å²) in [5.74, 6) is 0.132. The number of aromatic nitrogens is 2. The third-order valence-corrected chi connectivity index (χ3v) is 3.98. The van der Waals surface area contributed by atoms with Crippen LogP contribution in [0.5, 0.6) is 0 Å². The number of aromatic carboxylic acids is 1. The molecule has 1 aromatic carbocycles. The fourth-order valence-electron chi connectivity index (χ4n) is 3.01. The first-order valence-electron chi connectivity index (χ1n) is 7.52. The van der Waals surface area contributed by atoms with Crippen molar-refractivity contribution in [1.29, 1.82) is 0 Å². The van der Waals surface area contributed by atoms with Crippen molar-refractivity contribution in [2.24, 2.45) is 0 Å². The zero-order valence-electron chi connectivity index (χ0n) is 12.2. The topological polar surface area (TPSA) is 64.3 Å². The lowest BCUT2D eigenvalue weighted by atomic mass is 10.1. The Morgan fingerprint density at radius 2 is 2.38 bits per heavy atom. The molecule has 3 rings (SSSR count). The first kappa shape index (κ1) is 14.1. The summed E-state index contributed by atoms with van der Waals surface area (Å²) in [6, 6.07) is 5.42. The Kier molecular flexibility index (Phi) is 3.92. The minimum atomic E-state index is -0.901. The Morgan fingerprint density at radius 1 is 1.52 bits per heavy atom. The van der Waals surface area contributed by atoms with Crippen molar-refractivity contribution in [2.75, 3.05) is 13.2 Å². The van der Waals surface area contributed by atoms with Gasteiger partial charge in [-0.15, -0.1) is 0 Å². The average molecular weight is 288 g/mol. The second kappa shape index (κ2) is 5.85. The maximum atomic E-state index is 11.2. The molecular weight excluding hydrogens is 268 g/mol. The summed E-state index contributed by atoms with van der Waals surface area (Å²) in [4.78, 5) is 15.9. The first-order chi connectivity index (χ1) is 10.2. The van der Waals surface area contributed by atoms with E-state index in [1.165, 1.54) is 0 Å². The van der Waals surface area contributed by atoms with Gasteiger partial charge >= 0.3 is 5.97 Å². The van der Waals surface area contributed by atoms with E-state index in [4.69, 9.17) is 9.72 Å². The molecule has 5 heteroatoms. The van der Waals surface area contributed by atoms with Gasteiger partial charge in [0.2, 0.25) is 0 Å². The van der Waals surface area contributed by atoms with Crippen molar-refractivity contribution >= 4 is 17.0 Å². The molecule has 1 aliphatic rings. The Labute approximate surface area is 123 Å². The maximum Gasteiger partial charge on any atom is 0.335 e. The molecular formula is C16H20N2O3. The molecule has 1 unspecified atom stereocenters. The Balaban J connectivity index is 2.13. The number of fused-ring (bicyclic) bond motifs is 1. The zero-order valence-corrected chi connectivity index (χ0v) is 12.2. The van der Waals surface area contributed by atoms with Crippen LogP contribution in [-0.2, 0) is 11.2 Å². The van der Waals surface area contributed by atoms with Gasteiger partial charge in [-0.05, 0) is 37.5 Å². The Bertz CT molecular complexity index is 657. The second-order valence-corrected chi connectivity index (χ2v) is 5.53. The van der Waals surface area contributed by atoms with Gasteiger partial charge in [-0.2, -0.15) is 0 Å². The average Bonchev–Trinajstić information content (AvgIpc) is 2.85. The highest BCUT2D eigenvalue weighted by Crippen LogP contribution is 2.28. The van der Waals surface area contributed by atoms with E-state index in [-0.39, 0.29) is 6.04 Å². The molecule has 21 heavy (non-hydrogen) atoms. The number of hydrogen-bond donors (Lipinski definition) is 1. The summed E-state index contributed by atoms with van der Waals surface area (Å²) in [5, 5.41) is 9.20. The third kappa shape index (κ3) is 2.65. The zero-order chi connectivity index (χ0) is 14.8. The fourth-order valence-corrected chi connectivity index (χ4v) is 3.01. The summed E-state index contributed by atoms with van der Waals surface area (Å²) >= 11 is 0. The lowest BCUT2D eigenvalue weighted by molar-refractivity contribution is 0.0595. The summed E-state index contributed by atoms with van der Waals surface area (Å²) in [6.45, 7) is 3.62. The molecule has 1 aliphatic heterocycles. The molecule has 1 fully saturated rings. The summed E-state index contributed by atoms with van der Waals surface area (Å²) in [5.41, 5.74) is 2.09. The van der Waals surface area contributed by atoms with Gasteiger partial charge < -0.3 is 14.4 Å². The highest BCUT2D eigenvalue weighted by atomic mass is 16.5. The number of aryl methyl sites for hydroxylation is 1. The Hall–Kier alpha value is -1.88. The van der Waals surface area contributed by atoms with Gasteiger partial charge in [-0.25, -0.2) is 9.78 Å². The smallest absolute Gasteiger partial charge is 0.335 e. The minimum absolute atomic E-state index is 0.259. The van der Waals surface area contributed by atoms with E-state index in [2.05, 4.69) is 11.5 Å². The summed E-state index contributed by atoms with van der Waals surface area (Å²) in [6.07, 6.45) is 4.00. The van der Waals surface area contributed by atoms with Crippen molar-refractivity contribution in [3.05, 3.63) is 29.6 Å². The Morgan fingerprint density at radius 3 is 3.05 bits per heavy atom. The highest BCUT2D eigenvalue weighted by Gasteiger charge is 2.22. The third-order valence-electron chi connectivity index (χ3n) is 3.98. The number of ether oxygens (including phenoxy) is 1. The van der Waals surface area contributed by atoms with Crippen LogP contribution in [0.3, 0.4) is 0 Å². The van der Waals surface area contributed by atoms with Gasteiger partial charge in [0.1, 0.15) is 5.82 Å².